The fourth-order valence-corrected chi connectivity index (χ4v) is 2.50. The van der Waals surface area contributed by atoms with Gasteiger partial charge in [0.1, 0.15) is 17.3 Å². The molecule has 2 aromatic carbocycles. The summed E-state index contributed by atoms with van der Waals surface area (Å²) in [6.07, 6.45) is 3.48. The fraction of sp³-hybridized carbons (Fsp3) is 0.150. The lowest BCUT2D eigenvalue weighted by Gasteiger charge is -2.16. The van der Waals surface area contributed by atoms with Crippen LogP contribution in [0.15, 0.2) is 67.0 Å². The van der Waals surface area contributed by atoms with E-state index in [1.54, 1.807) is 19.2 Å². The summed E-state index contributed by atoms with van der Waals surface area (Å²) in [5, 5.41) is 3.08. The second-order valence-electron chi connectivity index (χ2n) is 5.75. The van der Waals surface area contributed by atoms with Crippen molar-refractivity contribution in [3.8, 4) is 0 Å². The van der Waals surface area contributed by atoms with Gasteiger partial charge < -0.3 is 10.2 Å². The molecule has 0 saturated heterocycles. The van der Waals surface area contributed by atoms with Crippen molar-refractivity contribution in [3.63, 3.8) is 0 Å². The van der Waals surface area contributed by atoms with Gasteiger partial charge in [-0.25, -0.2) is 14.4 Å². The van der Waals surface area contributed by atoms with Crippen molar-refractivity contribution in [3.05, 3.63) is 84.1 Å². The third-order valence-electron chi connectivity index (χ3n) is 3.98. The van der Waals surface area contributed by atoms with E-state index in [1.165, 1.54) is 23.4 Å². The van der Waals surface area contributed by atoms with Gasteiger partial charge in [-0.15, -0.1) is 0 Å². The summed E-state index contributed by atoms with van der Waals surface area (Å²) in [5.41, 5.74) is 1.69. The first-order chi connectivity index (χ1) is 12.6. The number of hydrogen-bond acceptors (Lipinski definition) is 4. The van der Waals surface area contributed by atoms with Crippen LogP contribution in [0.25, 0.3) is 0 Å². The molecule has 0 atom stereocenters. The number of hydrogen-bond donors (Lipinski definition) is 1. The maximum absolute atomic E-state index is 13.6. The Kier molecular flexibility index (Phi) is 5.53. The fourth-order valence-electron chi connectivity index (χ4n) is 2.50. The molecule has 1 amide bonds. The second-order valence-corrected chi connectivity index (χ2v) is 5.75. The van der Waals surface area contributed by atoms with Crippen LogP contribution >= 0.6 is 0 Å². The van der Waals surface area contributed by atoms with Crippen molar-refractivity contribution in [1.29, 1.82) is 0 Å². The quantitative estimate of drug-likeness (QED) is 0.739. The Labute approximate surface area is 151 Å². The summed E-state index contributed by atoms with van der Waals surface area (Å²) in [6.45, 7) is 0.521. The van der Waals surface area contributed by atoms with E-state index in [9.17, 15) is 9.18 Å². The second kappa shape index (κ2) is 8.20. The van der Waals surface area contributed by atoms with E-state index >= 15 is 0 Å². The topological polar surface area (TPSA) is 58.1 Å². The lowest BCUT2D eigenvalue weighted by molar-refractivity contribution is 0.0988. The van der Waals surface area contributed by atoms with Crippen molar-refractivity contribution < 1.29 is 9.18 Å². The number of anilines is 2. The highest BCUT2D eigenvalue weighted by Gasteiger charge is 2.15. The molecule has 0 unspecified atom stereocenters. The molecule has 1 heterocycles. The van der Waals surface area contributed by atoms with E-state index in [2.05, 4.69) is 15.3 Å². The number of para-hydroxylation sites is 1. The molecule has 132 valence electrons. The minimum atomic E-state index is -0.235. The van der Waals surface area contributed by atoms with Gasteiger partial charge >= 0.3 is 0 Å². The van der Waals surface area contributed by atoms with Crippen molar-refractivity contribution in [2.75, 3.05) is 23.8 Å². The Balaban J connectivity index is 1.58. The largest absolute Gasteiger partial charge is 0.368 e. The van der Waals surface area contributed by atoms with Gasteiger partial charge in [0, 0.05) is 19.3 Å². The third kappa shape index (κ3) is 4.22. The molecule has 0 aliphatic carbocycles. The molecule has 0 saturated carbocycles. The van der Waals surface area contributed by atoms with Gasteiger partial charge in [0.15, 0.2) is 0 Å². The predicted molar refractivity (Wildman–Crippen MR) is 99.8 cm³/mol. The minimum Gasteiger partial charge on any atom is -0.368 e. The molecule has 0 aliphatic heterocycles. The summed E-state index contributed by atoms with van der Waals surface area (Å²) in [4.78, 5) is 22.4. The van der Waals surface area contributed by atoms with Crippen molar-refractivity contribution >= 4 is 17.4 Å². The average molecular weight is 350 g/mol. The molecular weight excluding hydrogens is 331 g/mol. The number of nitrogens with zero attached hydrogens (tertiary/aromatic N) is 3. The van der Waals surface area contributed by atoms with Crippen molar-refractivity contribution in [1.82, 2.24) is 9.97 Å². The smallest absolute Gasteiger partial charge is 0.278 e. The number of amides is 1. The molecule has 3 aromatic rings. The molecule has 0 bridgehead atoms. The molecule has 26 heavy (non-hydrogen) atoms. The molecule has 6 heteroatoms. The standard InChI is InChI=1S/C20H19FN4O/c1-25(16-8-3-2-4-9-16)20(26)18-13-24-19(14-23-18)22-12-11-15-7-5-6-10-17(15)21/h2-10,13-14H,11-12H2,1H3,(H,22,24). The highest BCUT2D eigenvalue weighted by Crippen LogP contribution is 2.14. The van der Waals surface area contributed by atoms with Gasteiger partial charge in [-0.1, -0.05) is 36.4 Å². The number of halogens is 1. The van der Waals surface area contributed by atoms with Crippen LogP contribution in [0.1, 0.15) is 16.1 Å². The van der Waals surface area contributed by atoms with Gasteiger partial charge in [-0.05, 0) is 30.2 Å². The van der Waals surface area contributed by atoms with Gasteiger partial charge in [-0.2, -0.15) is 0 Å². The molecular formula is C20H19FN4O. The number of nitrogens with one attached hydrogen (secondary N) is 1. The van der Waals surface area contributed by atoms with Crippen molar-refractivity contribution in [2.24, 2.45) is 0 Å². The molecule has 0 radical (unpaired) electrons. The molecule has 0 aliphatic rings. The van der Waals surface area contributed by atoms with Crippen LogP contribution in [-0.4, -0.2) is 29.5 Å². The average Bonchev–Trinajstić information content (AvgIpc) is 2.69. The molecule has 1 N–H and O–H groups in total. The number of carbonyl (C=O) groups is 1. The van der Waals surface area contributed by atoms with Crippen LogP contribution in [-0.2, 0) is 6.42 Å². The van der Waals surface area contributed by atoms with Gasteiger partial charge in [0.2, 0.25) is 0 Å². The van der Waals surface area contributed by atoms with Gasteiger partial charge in [0.05, 0.1) is 12.4 Å². The zero-order chi connectivity index (χ0) is 18.4. The number of rotatable bonds is 6. The maximum Gasteiger partial charge on any atom is 0.278 e. The predicted octanol–water partition coefficient (Wildman–Crippen LogP) is 3.55. The first-order valence-electron chi connectivity index (χ1n) is 8.27. The van der Waals surface area contributed by atoms with Gasteiger partial charge in [0.25, 0.3) is 5.91 Å². The highest BCUT2D eigenvalue weighted by molar-refractivity contribution is 6.04. The minimum absolute atomic E-state index is 0.217. The van der Waals surface area contributed by atoms with E-state index in [4.69, 9.17) is 0 Å². The summed E-state index contributed by atoms with van der Waals surface area (Å²) in [6, 6.07) is 16.0. The van der Waals surface area contributed by atoms with E-state index in [0.29, 0.717) is 24.3 Å². The Morgan fingerprint density at radius 1 is 1.04 bits per heavy atom. The third-order valence-corrected chi connectivity index (χ3v) is 3.98. The lowest BCUT2D eigenvalue weighted by Crippen LogP contribution is -2.27. The zero-order valence-corrected chi connectivity index (χ0v) is 14.4. The number of aromatic nitrogens is 2. The first-order valence-corrected chi connectivity index (χ1v) is 8.27. The highest BCUT2D eigenvalue weighted by atomic mass is 19.1. The van der Waals surface area contributed by atoms with Crippen LogP contribution in [0.5, 0.6) is 0 Å². The summed E-state index contributed by atoms with van der Waals surface area (Å²) in [5.74, 6) is 0.0899. The van der Waals surface area contributed by atoms with Crippen molar-refractivity contribution in [2.45, 2.75) is 6.42 Å². The van der Waals surface area contributed by atoms with E-state index in [-0.39, 0.29) is 17.4 Å². The van der Waals surface area contributed by atoms with Gasteiger partial charge in [-0.3, -0.25) is 4.79 Å². The summed E-state index contributed by atoms with van der Waals surface area (Å²) in [7, 11) is 1.69. The van der Waals surface area contributed by atoms with Crippen LogP contribution < -0.4 is 10.2 Å². The molecule has 0 fully saturated rings. The SMILES string of the molecule is CN(C(=O)c1cnc(NCCc2ccccc2F)cn1)c1ccccc1. The zero-order valence-electron chi connectivity index (χ0n) is 14.4. The van der Waals surface area contributed by atoms with Crippen LogP contribution in [0.3, 0.4) is 0 Å². The summed E-state index contributed by atoms with van der Waals surface area (Å²) >= 11 is 0. The Morgan fingerprint density at radius 3 is 2.46 bits per heavy atom. The van der Waals surface area contributed by atoms with Crippen LogP contribution in [0.4, 0.5) is 15.9 Å². The molecule has 0 spiro atoms. The van der Waals surface area contributed by atoms with E-state index in [1.807, 2.05) is 36.4 Å². The molecule has 3 rings (SSSR count). The monoisotopic (exact) mass is 350 g/mol. The molecule has 5 nitrogen and oxygen atoms in total. The van der Waals surface area contributed by atoms with E-state index < -0.39 is 0 Å². The number of carbonyl (C=O) groups excluding carboxylic acids is 1. The Bertz CT molecular complexity index is 868. The summed E-state index contributed by atoms with van der Waals surface area (Å²) < 4.78 is 13.6. The Morgan fingerprint density at radius 2 is 1.77 bits per heavy atom. The first kappa shape index (κ1) is 17.5. The lowest BCUT2D eigenvalue weighted by atomic mass is 10.1. The number of benzene rings is 2. The maximum atomic E-state index is 13.6. The van der Waals surface area contributed by atoms with E-state index in [0.717, 1.165) is 5.69 Å². The van der Waals surface area contributed by atoms with Crippen LogP contribution in [0, 0.1) is 5.82 Å². The normalized spacial score (nSPS) is 10.4. The molecule has 1 aromatic heterocycles. The van der Waals surface area contributed by atoms with Crippen LogP contribution in [0.2, 0.25) is 0 Å². The Hall–Kier alpha value is -3.28.